The Hall–Kier alpha value is -2.59. The summed E-state index contributed by atoms with van der Waals surface area (Å²) in [6.07, 6.45) is 0. The Bertz CT molecular complexity index is 825. The predicted molar refractivity (Wildman–Crippen MR) is 88.1 cm³/mol. The number of methoxy groups -OCH3 is 1. The Kier molecular flexibility index (Phi) is 4.21. The summed E-state index contributed by atoms with van der Waals surface area (Å²) in [4.78, 5) is 15.0. The molecule has 0 saturated heterocycles. The van der Waals surface area contributed by atoms with Crippen molar-refractivity contribution in [3.8, 4) is 5.75 Å². The number of aromatic amines is 1. The average molecular weight is 294 g/mol. The Balaban J connectivity index is 1.78. The lowest BCUT2D eigenvalue weighted by Gasteiger charge is -2.07. The van der Waals surface area contributed by atoms with Gasteiger partial charge in [0.05, 0.1) is 7.11 Å². The number of hydrogen-bond acceptors (Lipinski definition) is 3. The minimum atomic E-state index is -0.0572. The highest BCUT2D eigenvalue weighted by Crippen LogP contribution is 2.18. The van der Waals surface area contributed by atoms with Gasteiger partial charge in [-0.15, -0.1) is 0 Å². The van der Waals surface area contributed by atoms with E-state index in [1.165, 1.54) is 5.56 Å². The van der Waals surface area contributed by atoms with Crippen LogP contribution in [0, 0.1) is 0 Å². The van der Waals surface area contributed by atoms with Crippen molar-refractivity contribution in [3.05, 3.63) is 76.1 Å². The fourth-order valence-corrected chi connectivity index (χ4v) is 2.43. The summed E-state index contributed by atoms with van der Waals surface area (Å²) in [5.41, 5.74) is 2.67. The molecule has 0 radical (unpaired) electrons. The lowest BCUT2D eigenvalue weighted by atomic mass is 10.1. The third-order valence-corrected chi connectivity index (χ3v) is 3.62. The van der Waals surface area contributed by atoms with Crippen LogP contribution in [0.15, 0.2) is 59.4 Å². The molecule has 22 heavy (non-hydrogen) atoms. The van der Waals surface area contributed by atoms with Gasteiger partial charge in [-0.25, -0.2) is 0 Å². The number of aromatic nitrogens is 1. The van der Waals surface area contributed by atoms with Crippen molar-refractivity contribution >= 4 is 10.9 Å². The molecular weight excluding hydrogens is 276 g/mol. The molecule has 0 saturated carbocycles. The normalized spacial score (nSPS) is 10.8. The van der Waals surface area contributed by atoms with Gasteiger partial charge in [0.15, 0.2) is 0 Å². The standard InChI is InChI=1S/C18H18N2O2/c1-22-16-7-8-17-14(10-16)9-15(18(21)20-17)12-19-11-13-5-3-2-4-6-13/h2-10,19H,11-12H2,1H3,(H,20,21). The molecule has 0 spiro atoms. The molecule has 0 amide bonds. The zero-order valence-electron chi connectivity index (χ0n) is 12.4. The van der Waals surface area contributed by atoms with Crippen molar-refractivity contribution in [3.63, 3.8) is 0 Å². The molecule has 0 aliphatic rings. The van der Waals surface area contributed by atoms with E-state index in [2.05, 4.69) is 22.4 Å². The molecule has 4 nitrogen and oxygen atoms in total. The molecule has 112 valence electrons. The van der Waals surface area contributed by atoms with E-state index in [-0.39, 0.29) is 5.56 Å². The molecule has 1 aromatic heterocycles. The van der Waals surface area contributed by atoms with Crippen LogP contribution in [0.3, 0.4) is 0 Å². The molecule has 0 fully saturated rings. The molecule has 0 aliphatic heterocycles. The zero-order chi connectivity index (χ0) is 15.4. The number of pyridine rings is 1. The van der Waals surface area contributed by atoms with Gasteiger partial charge in [-0.05, 0) is 29.8 Å². The molecule has 2 aromatic carbocycles. The average Bonchev–Trinajstić information content (AvgIpc) is 2.56. The van der Waals surface area contributed by atoms with E-state index in [1.54, 1.807) is 7.11 Å². The number of nitrogens with one attached hydrogen (secondary N) is 2. The molecule has 0 aliphatic carbocycles. The van der Waals surface area contributed by atoms with Crippen LogP contribution >= 0.6 is 0 Å². The third-order valence-electron chi connectivity index (χ3n) is 3.62. The zero-order valence-corrected chi connectivity index (χ0v) is 12.4. The quantitative estimate of drug-likeness (QED) is 0.761. The van der Waals surface area contributed by atoms with Gasteiger partial charge in [0, 0.05) is 29.6 Å². The van der Waals surface area contributed by atoms with E-state index in [0.717, 1.165) is 28.8 Å². The van der Waals surface area contributed by atoms with E-state index in [1.807, 2.05) is 42.5 Å². The van der Waals surface area contributed by atoms with Gasteiger partial charge >= 0.3 is 0 Å². The molecule has 3 rings (SSSR count). The van der Waals surface area contributed by atoms with Gasteiger partial charge in [0.1, 0.15) is 5.75 Å². The minimum absolute atomic E-state index is 0.0572. The van der Waals surface area contributed by atoms with Crippen LogP contribution in [-0.4, -0.2) is 12.1 Å². The Labute approximate surface area is 128 Å². The highest BCUT2D eigenvalue weighted by atomic mass is 16.5. The van der Waals surface area contributed by atoms with E-state index in [4.69, 9.17) is 4.74 Å². The smallest absolute Gasteiger partial charge is 0.252 e. The van der Waals surface area contributed by atoms with Crippen molar-refractivity contribution in [1.82, 2.24) is 10.3 Å². The Morgan fingerprint density at radius 3 is 2.64 bits per heavy atom. The minimum Gasteiger partial charge on any atom is -0.497 e. The first-order valence-corrected chi connectivity index (χ1v) is 7.21. The van der Waals surface area contributed by atoms with Gasteiger partial charge in [-0.3, -0.25) is 4.79 Å². The Morgan fingerprint density at radius 1 is 1.05 bits per heavy atom. The summed E-state index contributed by atoms with van der Waals surface area (Å²) in [5.74, 6) is 0.780. The second kappa shape index (κ2) is 6.45. The van der Waals surface area contributed by atoms with Crippen molar-refractivity contribution in [2.45, 2.75) is 13.1 Å². The van der Waals surface area contributed by atoms with Crippen molar-refractivity contribution in [2.24, 2.45) is 0 Å². The van der Waals surface area contributed by atoms with Gasteiger partial charge < -0.3 is 15.0 Å². The van der Waals surface area contributed by atoms with Gasteiger partial charge in [0.2, 0.25) is 0 Å². The summed E-state index contributed by atoms with van der Waals surface area (Å²) in [5, 5.41) is 4.27. The highest BCUT2D eigenvalue weighted by Gasteiger charge is 2.04. The first-order valence-electron chi connectivity index (χ1n) is 7.21. The van der Waals surface area contributed by atoms with Gasteiger partial charge in [-0.2, -0.15) is 0 Å². The van der Waals surface area contributed by atoms with Crippen LogP contribution in [-0.2, 0) is 13.1 Å². The van der Waals surface area contributed by atoms with Crippen LogP contribution in [0.2, 0.25) is 0 Å². The molecule has 0 atom stereocenters. The predicted octanol–water partition coefficient (Wildman–Crippen LogP) is 2.83. The molecule has 4 heteroatoms. The number of rotatable bonds is 5. The monoisotopic (exact) mass is 294 g/mol. The lowest BCUT2D eigenvalue weighted by Crippen LogP contribution is -2.20. The maximum absolute atomic E-state index is 12.1. The summed E-state index contributed by atoms with van der Waals surface area (Å²) in [7, 11) is 1.63. The van der Waals surface area contributed by atoms with Gasteiger partial charge in [0.25, 0.3) is 5.56 Å². The largest absolute Gasteiger partial charge is 0.497 e. The first-order chi connectivity index (χ1) is 10.8. The number of fused-ring (bicyclic) bond motifs is 1. The first kappa shape index (κ1) is 14.4. The fraction of sp³-hybridized carbons (Fsp3) is 0.167. The second-order valence-electron chi connectivity index (χ2n) is 5.17. The van der Waals surface area contributed by atoms with Crippen molar-refractivity contribution in [1.29, 1.82) is 0 Å². The number of benzene rings is 2. The molecule has 2 N–H and O–H groups in total. The molecular formula is C18H18N2O2. The maximum Gasteiger partial charge on any atom is 0.252 e. The molecule has 0 bridgehead atoms. The summed E-state index contributed by atoms with van der Waals surface area (Å²) < 4.78 is 5.22. The van der Waals surface area contributed by atoms with Crippen LogP contribution < -0.4 is 15.6 Å². The summed E-state index contributed by atoms with van der Waals surface area (Å²) in [6.45, 7) is 1.26. The highest BCUT2D eigenvalue weighted by molar-refractivity contribution is 5.80. The van der Waals surface area contributed by atoms with Crippen LogP contribution in [0.25, 0.3) is 10.9 Å². The van der Waals surface area contributed by atoms with Crippen molar-refractivity contribution < 1.29 is 4.74 Å². The van der Waals surface area contributed by atoms with Crippen LogP contribution in [0.4, 0.5) is 0 Å². The van der Waals surface area contributed by atoms with E-state index < -0.39 is 0 Å². The molecule has 1 heterocycles. The second-order valence-corrected chi connectivity index (χ2v) is 5.17. The Morgan fingerprint density at radius 2 is 1.86 bits per heavy atom. The molecule has 3 aromatic rings. The SMILES string of the molecule is COc1ccc2[nH]c(=O)c(CNCc3ccccc3)cc2c1. The van der Waals surface area contributed by atoms with Gasteiger partial charge in [-0.1, -0.05) is 30.3 Å². The number of H-pyrrole nitrogens is 1. The third kappa shape index (κ3) is 3.18. The van der Waals surface area contributed by atoms with E-state index in [9.17, 15) is 4.79 Å². The van der Waals surface area contributed by atoms with E-state index in [0.29, 0.717) is 6.54 Å². The van der Waals surface area contributed by atoms with Crippen LogP contribution in [0.1, 0.15) is 11.1 Å². The lowest BCUT2D eigenvalue weighted by molar-refractivity contribution is 0.415. The number of ether oxygens (including phenoxy) is 1. The van der Waals surface area contributed by atoms with Crippen molar-refractivity contribution in [2.75, 3.05) is 7.11 Å². The fourth-order valence-electron chi connectivity index (χ4n) is 2.43. The van der Waals surface area contributed by atoms with E-state index >= 15 is 0 Å². The van der Waals surface area contributed by atoms with Crippen LogP contribution in [0.5, 0.6) is 5.75 Å². The molecule has 0 unspecified atom stereocenters. The summed E-state index contributed by atoms with van der Waals surface area (Å²) in [6, 6.07) is 17.6. The number of hydrogen-bond donors (Lipinski definition) is 2. The topological polar surface area (TPSA) is 54.1 Å². The maximum atomic E-state index is 12.1. The summed E-state index contributed by atoms with van der Waals surface area (Å²) >= 11 is 0.